The summed E-state index contributed by atoms with van der Waals surface area (Å²) in [7, 11) is 0. The molecular formula is C14H22N2O2. The fourth-order valence-corrected chi connectivity index (χ4v) is 2.07. The van der Waals surface area contributed by atoms with Gasteiger partial charge in [0.15, 0.2) is 0 Å². The second-order valence-corrected chi connectivity index (χ2v) is 4.55. The van der Waals surface area contributed by atoms with Crippen LogP contribution in [0.25, 0.3) is 0 Å². The number of anilines is 1. The van der Waals surface area contributed by atoms with Crippen LogP contribution in [0.4, 0.5) is 5.82 Å². The monoisotopic (exact) mass is 250 g/mol. The molecule has 1 aliphatic rings. The zero-order valence-electron chi connectivity index (χ0n) is 11.0. The van der Waals surface area contributed by atoms with Gasteiger partial charge in [0.05, 0.1) is 25.0 Å². The molecule has 0 saturated carbocycles. The van der Waals surface area contributed by atoms with Crippen LogP contribution in [0, 0.1) is 0 Å². The van der Waals surface area contributed by atoms with E-state index < -0.39 is 0 Å². The van der Waals surface area contributed by atoms with E-state index in [1.54, 1.807) is 0 Å². The Morgan fingerprint density at radius 2 is 2.39 bits per heavy atom. The van der Waals surface area contributed by atoms with Crippen molar-refractivity contribution >= 4 is 5.82 Å². The lowest BCUT2D eigenvalue weighted by molar-refractivity contribution is -0.0452. The van der Waals surface area contributed by atoms with Gasteiger partial charge in [-0.2, -0.15) is 0 Å². The molecule has 0 amide bonds. The molecule has 18 heavy (non-hydrogen) atoms. The SMILES string of the molecule is CCNc1cccc(COCC2CCCCO2)n1. The quantitative estimate of drug-likeness (QED) is 0.842. The first-order valence-electron chi connectivity index (χ1n) is 6.77. The van der Waals surface area contributed by atoms with E-state index in [0.717, 1.165) is 31.1 Å². The molecule has 1 N–H and O–H groups in total. The maximum atomic E-state index is 5.68. The van der Waals surface area contributed by atoms with Crippen molar-refractivity contribution in [1.29, 1.82) is 0 Å². The summed E-state index contributed by atoms with van der Waals surface area (Å²) in [5.41, 5.74) is 0.962. The van der Waals surface area contributed by atoms with Gasteiger partial charge < -0.3 is 14.8 Å². The Morgan fingerprint density at radius 3 is 3.17 bits per heavy atom. The van der Waals surface area contributed by atoms with E-state index >= 15 is 0 Å². The third kappa shape index (κ3) is 4.27. The third-order valence-corrected chi connectivity index (χ3v) is 2.99. The fourth-order valence-electron chi connectivity index (χ4n) is 2.07. The van der Waals surface area contributed by atoms with Crippen LogP contribution in [0.2, 0.25) is 0 Å². The molecule has 4 nitrogen and oxygen atoms in total. The zero-order chi connectivity index (χ0) is 12.6. The highest BCUT2D eigenvalue weighted by atomic mass is 16.5. The average Bonchev–Trinajstić information content (AvgIpc) is 2.41. The third-order valence-electron chi connectivity index (χ3n) is 2.99. The van der Waals surface area contributed by atoms with Crippen molar-refractivity contribution in [2.75, 3.05) is 25.1 Å². The molecule has 1 unspecified atom stereocenters. The lowest BCUT2D eigenvalue weighted by atomic mass is 10.1. The van der Waals surface area contributed by atoms with Crippen molar-refractivity contribution in [3.8, 4) is 0 Å². The lowest BCUT2D eigenvalue weighted by Crippen LogP contribution is -2.24. The van der Waals surface area contributed by atoms with Gasteiger partial charge in [0.1, 0.15) is 5.82 Å². The number of nitrogens with zero attached hydrogens (tertiary/aromatic N) is 1. The van der Waals surface area contributed by atoms with E-state index in [9.17, 15) is 0 Å². The molecule has 1 atom stereocenters. The van der Waals surface area contributed by atoms with Crippen molar-refractivity contribution in [2.45, 2.75) is 38.9 Å². The minimum Gasteiger partial charge on any atom is -0.376 e. The highest BCUT2D eigenvalue weighted by Crippen LogP contribution is 2.13. The molecule has 0 bridgehead atoms. The van der Waals surface area contributed by atoms with Crippen LogP contribution >= 0.6 is 0 Å². The molecule has 1 aromatic heterocycles. The summed E-state index contributed by atoms with van der Waals surface area (Å²) in [6.07, 6.45) is 3.83. The van der Waals surface area contributed by atoms with Crippen LogP contribution < -0.4 is 5.32 Å². The minimum atomic E-state index is 0.274. The summed E-state index contributed by atoms with van der Waals surface area (Å²) < 4.78 is 11.3. The van der Waals surface area contributed by atoms with Gasteiger partial charge in [-0.1, -0.05) is 6.07 Å². The summed E-state index contributed by atoms with van der Waals surface area (Å²) in [5, 5.41) is 3.20. The number of rotatable bonds is 6. The van der Waals surface area contributed by atoms with Gasteiger partial charge in [-0.25, -0.2) is 4.98 Å². The van der Waals surface area contributed by atoms with E-state index in [2.05, 4.69) is 17.2 Å². The van der Waals surface area contributed by atoms with Crippen molar-refractivity contribution in [3.63, 3.8) is 0 Å². The van der Waals surface area contributed by atoms with Crippen LogP contribution in [0.1, 0.15) is 31.9 Å². The molecule has 2 heterocycles. The van der Waals surface area contributed by atoms with Crippen molar-refractivity contribution in [3.05, 3.63) is 23.9 Å². The van der Waals surface area contributed by atoms with Gasteiger partial charge in [0.2, 0.25) is 0 Å². The van der Waals surface area contributed by atoms with E-state index in [1.165, 1.54) is 12.8 Å². The number of aromatic nitrogens is 1. The van der Waals surface area contributed by atoms with E-state index in [4.69, 9.17) is 9.47 Å². The van der Waals surface area contributed by atoms with E-state index in [-0.39, 0.29) is 6.10 Å². The molecule has 1 aliphatic heterocycles. The standard InChI is InChI=1S/C14H22N2O2/c1-2-15-14-8-5-6-12(16-14)10-17-11-13-7-3-4-9-18-13/h5-6,8,13H,2-4,7,9-11H2,1H3,(H,15,16). The van der Waals surface area contributed by atoms with Crippen molar-refractivity contribution in [1.82, 2.24) is 4.98 Å². The second kappa shape index (κ2) is 7.34. The first-order chi connectivity index (χ1) is 8.88. The van der Waals surface area contributed by atoms with Gasteiger partial charge in [-0.15, -0.1) is 0 Å². The van der Waals surface area contributed by atoms with Gasteiger partial charge in [-0.05, 0) is 38.3 Å². The second-order valence-electron chi connectivity index (χ2n) is 4.55. The molecule has 1 saturated heterocycles. The Labute approximate surface area is 109 Å². The molecular weight excluding hydrogens is 228 g/mol. The molecule has 0 radical (unpaired) electrons. The van der Waals surface area contributed by atoms with Crippen LogP contribution in [0.3, 0.4) is 0 Å². The maximum Gasteiger partial charge on any atom is 0.126 e. The first-order valence-corrected chi connectivity index (χ1v) is 6.77. The normalized spacial score (nSPS) is 19.7. The molecule has 2 rings (SSSR count). The van der Waals surface area contributed by atoms with Gasteiger partial charge in [0, 0.05) is 13.2 Å². The predicted molar refractivity (Wildman–Crippen MR) is 71.6 cm³/mol. The first kappa shape index (κ1) is 13.3. The van der Waals surface area contributed by atoms with Crippen molar-refractivity contribution < 1.29 is 9.47 Å². The topological polar surface area (TPSA) is 43.4 Å². The smallest absolute Gasteiger partial charge is 0.126 e. The average molecular weight is 250 g/mol. The molecule has 1 fully saturated rings. The van der Waals surface area contributed by atoms with Gasteiger partial charge in [-0.3, -0.25) is 0 Å². The Hall–Kier alpha value is -1.13. The fraction of sp³-hybridized carbons (Fsp3) is 0.643. The zero-order valence-corrected chi connectivity index (χ0v) is 11.0. The number of pyridine rings is 1. The molecule has 0 aromatic carbocycles. The highest BCUT2D eigenvalue weighted by Gasteiger charge is 2.13. The molecule has 100 valence electrons. The van der Waals surface area contributed by atoms with Gasteiger partial charge >= 0.3 is 0 Å². The molecule has 4 heteroatoms. The number of ether oxygens (including phenoxy) is 2. The summed E-state index contributed by atoms with van der Waals surface area (Å²) in [4.78, 5) is 4.47. The maximum absolute atomic E-state index is 5.68. The minimum absolute atomic E-state index is 0.274. The van der Waals surface area contributed by atoms with Crippen molar-refractivity contribution in [2.24, 2.45) is 0 Å². The summed E-state index contributed by atoms with van der Waals surface area (Å²) in [5.74, 6) is 0.910. The molecule has 0 spiro atoms. The Bertz CT molecular complexity index is 351. The number of hydrogen-bond acceptors (Lipinski definition) is 4. The number of nitrogens with one attached hydrogen (secondary N) is 1. The Kier molecular flexibility index (Phi) is 5.42. The lowest BCUT2D eigenvalue weighted by Gasteiger charge is -2.22. The van der Waals surface area contributed by atoms with Crippen LogP contribution in [0.5, 0.6) is 0 Å². The highest BCUT2D eigenvalue weighted by molar-refractivity contribution is 5.34. The van der Waals surface area contributed by atoms with E-state index in [1.807, 2.05) is 18.2 Å². The number of hydrogen-bond donors (Lipinski definition) is 1. The predicted octanol–water partition coefficient (Wildman–Crippen LogP) is 2.60. The van der Waals surface area contributed by atoms with Crippen LogP contribution in [0.15, 0.2) is 18.2 Å². The Balaban J connectivity index is 1.73. The van der Waals surface area contributed by atoms with Crippen LogP contribution in [-0.2, 0) is 16.1 Å². The molecule has 0 aliphatic carbocycles. The summed E-state index contributed by atoms with van der Waals surface area (Å²) in [6.45, 7) is 5.05. The van der Waals surface area contributed by atoms with Crippen LogP contribution in [-0.4, -0.2) is 30.8 Å². The Morgan fingerprint density at radius 1 is 1.44 bits per heavy atom. The summed E-state index contributed by atoms with van der Waals surface area (Å²) >= 11 is 0. The molecule has 1 aromatic rings. The van der Waals surface area contributed by atoms with Gasteiger partial charge in [0.25, 0.3) is 0 Å². The largest absolute Gasteiger partial charge is 0.376 e. The summed E-state index contributed by atoms with van der Waals surface area (Å²) in [6, 6.07) is 5.96. The van der Waals surface area contributed by atoms with E-state index in [0.29, 0.717) is 13.2 Å².